The van der Waals surface area contributed by atoms with Crippen LogP contribution in [0.2, 0.25) is 0 Å². The van der Waals surface area contributed by atoms with E-state index in [0.29, 0.717) is 11.3 Å². The fraction of sp³-hybridized carbons (Fsp3) is 0.125. The van der Waals surface area contributed by atoms with Gasteiger partial charge in [0.05, 0.1) is 11.1 Å². The number of para-hydroxylation sites is 1. The van der Waals surface area contributed by atoms with Crippen LogP contribution in [0.3, 0.4) is 0 Å². The molecule has 1 N–H and O–H groups in total. The molecule has 0 aliphatic carbocycles. The molecule has 0 bridgehead atoms. The maximum atomic E-state index is 12.0. The van der Waals surface area contributed by atoms with Gasteiger partial charge in [-0.25, -0.2) is 9.59 Å². The molecular formula is C16H14O4. The van der Waals surface area contributed by atoms with Crippen molar-refractivity contribution >= 4 is 11.9 Å². The zero-order chi connectivity index (χ0) is 14.7. The second-order valence-corrected chi connectivity index (χ2v) is 4.49. The van der Waals surface area contributed by atoms with Gasteiger partial charge >= 0.3 is 11.9 Å². The molecule has 0 amide bonds. The summed E-state index contributed by atoms with van der Waals surface area (Å²) in [5.74, 6) is -0.987. The molecule has 0 fully saturated rings. The van der Waals surface area contributed by atoms with E-state index in [2.05, 4.69) is 0 Å². The summed E-state index contributed by atoms with van der Waals surface area (Å²) in [6.45, 7) is 3.73. The van der Waals surface area contributed by atoms with E-state index >= 15 is 0 Å². The smallest absolute Gasteiger partial charge is 0.343 e. The van der Waals surface area contributed by atoms with Gasteiger partial charge in [-0.1, -0.05) is 18.2 Å². The molecule has 4 heteroatoms. The van der Waals surface area contributed by atoms with Crippen LogP contribution < -0.4 is 4.74 Å². The number of aryl methyl sites for hydroxylation is 2. The van der Waals surface area contributed by atoms with Crippen molar-refractivity contribution in [2.45, 2.75) is 13.8 Å². The Labute approximate surface area is 116 Å². The van der Waals surface area contributed by atoms with Gasteiger partial charge < -0.3 is 9.84 Å². The Balaban J connectivity index is 2.22. The van der Waals surface area contributed by atoms with Crippen LogP contribution in [0.5, 0.6) is 5.75 Å². The average molecular weight is 270 g/mol. The number of esters is 1. The van der Waals surface area contributed by atoms with Crippen molar-refractivity contribution in [1.82, 2.24) is 0 Å². The lowest BCUT2D eigenvalue weighted by Crippen LogP contribution is -2.10. The van der Waals surface area contributed by atoms with Gasteiger partial charge in [0, 0.05) is 0 Å². The average Bonchev–Trinajstić information content (AvgIpc) is 2.43. The van der Waals surface area contributed by atoms with Gasteiger partial charge in [0.2, 0.25) is 0 Å². The Hall–Kier alpha value is -2.62. The number of rotatable bonds is 3. The Morgan fingerprint density at radius 1 is 0.900 bits per heavy atom. The third-order valence-corrected chi connectivity index (χ3v) is 2.97. The molecule has 2 aromatic rings. The summed E-state index contributed by atoms with van der Waals surface area (Å²) >= 11 is 0. The fourth-order valence-electron chi connectivity index (χ4n) is 1.86. The number of ether oxygens (including phenoxy) is 1. The molecule has 0 unspecified atom stereocenters. The van der Waals surface area contributed by atoms with Gasteiger partial charge in [0.25, 0.3) is 0 Å². The number of carbonyl (C=O) groups excluding carboxylic acids is 1. The molecule has 4 nitrogen and oxygen atoms in total. The van der Waals surface area contributed by atoms with Gasteiger partial charge in [-0.2, -0.15) is 0 Å². The van der Waals surface area contributed by atoms with Crippen LogP contribution in [-0.2, 0) is 0 Å². The Morgan fingerprint density at radius 3 is 1.90 bits per heavy atom. The van der Waals surface area contributed by atoms with Crippen molar-refractivity contribution in [3.05, 3.63) is 64.7 Å². The molecule has 0 saturated heterocycles. The van der Waals surface area contributed by atoms with Gasteiger partial charge in [-0.3, -0.25) is 0 Å². The van der Waals surface area contributed by atoms with Gasteiger partial charge in [-0.15, -0.1) is 0 Å². The van der Waals surface area contributed by atoms with E-state index in [1.165, 1.54) is 24.3 Å². The summed E-state index contributed by atoms with van der Waals surface area (Å²) in [5.41, 5.74) is 2.20. The van der Waals surface area contributed by atoms with Crippen LogP contribution in [0.25, 0.3) is 0 Å². The molecule has 2 rings (SSSR count). The molecule has 0 saturated carbocycles. The van der Waals surface area contributed by atoms with Crippen LogP contribution >= 0.6 is 0 Å². The van der Waals surface area contributed by atoms with Crippen molar-refractivity contribution < 1.29 is 19.4 Å². The molecule has 102 valence electrons. The van der Waals surface area contributed by atoms with Crippen molar-refractivity contribution in [2.24, 2.45) is 0 Å². The van der Waals surface area contributed by atoms with E-state index in [4.69, 9.17) is 9.84 Å². The number of hydrogen-bond acceptors (Lipinski definition) is 3. The molecular weight excluding hydrogens is 256 g/mol. The molecule has 0 aliphatic rings. The van der Waals surface area contributed by atoms with Crippen LogP contribution in [0.1, 0.15) is 31.8 Å². The first-order chi connectivity index (χ1) is 9.49. The van der Waals surface area contributed by atoms with E-state index in [1.807, 2.05) is 32.0 Å². The number of carboxylic acids is 1. The highest BCUT2D eigenvalue weighted by atomic mass is 16.5. The highest BCUT2D eigenvalue weighted by molar-refractivity contribution is 5.93. The van der Waals surface area contributed by atoms with Gasteiger partial charge in [-0.05, 0) is 49.2 Å². The zero-order valence-electron chi connectivity index (χ0n) is 11.2. The summed E-state index contributed by atoms with van der Waals surface area (Å²) in [4.78, 5) is 22.8. The fourth-order valence-corrected chi connectivity index (χ4v) is 1.86. The second-order valence-electron chi connectivity index (χ2n) is 4.49. The normalized spacial score (nSPS) is 10.1. The van der Waals surface area contributed by atoms with Crippen molar-refractivity contribution in [3.63, 3.8) is 0 Å². The minimum absolute atomic E-state index is 0.133. The summed E-state index contributed by atoms with van der Waals surface area (Å²) in [6, 6.07) is 11.3. The predicted octanol–water partition coefficient (Wildman–Crippen LogP) is 3.22. The molecule has 0 aromatic heterocycles. The third-order valence-electron chi connectivity index (χ3n) is 2.97. The highest BCUT2D eigenvalue weighted by Crippen LogP contribution is 2.23. The second kappa shape index (κ2) is 5.57. The van der Waals surface area contributed by atoms with E-state index in [0.717, 1.165) is 11.1 Å². The van der Waals surface area contributed by atoms with Crippen molar-refractivity contribution in [2.75, 3.05) is 0 Å². The molecule has 0 aliphatic heterocycles. The van der Waals surface area contributed by atoms with Crippen LogP contribution in [-0.4, -0.2) is 17.0 Å². The zero-order valence-corrected chi connectivity index (χ0v) is 11.2. The summed E-state index contributed by atoms with van der Waals surface area (Å²) in [5, 5.41) is 8.81. The van der Waals surface area contributed by atoms with E-state index in [1.54, 1.807) is 0 Å². The molecule has 20 heavy (non-hydrogen) atoms. The number of aromatic carboxylic acids is 1. The van der Waals surface area contributed by atoms with Gasteiger partial charge in [0.15, 0.2) is 0 Å². The number of hydrogen-bond donors (Lipinski definition) is 1. The number of benzene rings is 2. The first-order valence-electron chi connectivity index (χ1n) is 6.11. The molecule has 0 spiro atoms. The highest BCUT2D eigenvalue weighted by Gasteiger charge is 2.12. The first-order valence-corrected chi connectivity index (χ1v) is 6.11. The topological polar surface area (TPSA) is 63.6 Å². The Bertz CT molecular complexity index is 636. The van der Waals surface area contributed by atoms with Crippen LogP contribution in [0.4, 0.5) is 0 Å². The largest absolute Gasteiger partial charge is 0.478 e. The Morgan fingerprint density at radius 2 is 1.40 bits per heavy atom. The third kappa shape index (κ3) is 2.85. The standard InChI is InChI=1S/C16H14O4/c1-10-4-3-5-11(2)14(10)20-16(19)13-8-6-12(7-9-13)15(17)18/h3-9H,1-2H3,(H,17,18). The lowest BCUT2D eigenvalue weighted by atomic mass is 10.1. The van der Waals surface area contributed by atoms with Crippen LogP contribution in [0, 0.1) is 13.8 Å². The van der Waals surface area contributed by atoms with Crippen molar-refractivity contribution in [3.8, 4) is 5.75 Å². The van der Waals surface area contributed by atoms with E-state index in [-0.39, 0.29) is 5.56 Å². The SMILES string of the molecule is Cc1cccc(C)c1OC(=O)c1ccc(C(=O)O)cc1. The molecule has 0 heterocycles. The number of carbonyl (C=O) groups is 2. The maximum absolute atomic E-state index is 12.0. The minimum Gasteiger partial charge on any atom is -0.478 e. The molecule has 0 radical (unpaired) electrons. The predicted molar refractivity (Wildman–Crippen MR) is 74.3 cm³/mol. The summed E-state index contributed by atoms with van der Waals surface area (Å²) in [6.07, 6.45) is 0. The summed E-state index contributed by atoms with van der Waals surface area (Å²) < 4.78 is 5.38. The minimum atomic E-state index is -1.03. The maximum Gasteiger partial charge on any atom is 0.343 e. The van der Waals surface area contributed by atoms with Crippen LogP contribution in [0.15, 0.2) is 42.5 Å². The summed E-state index contributed by atoms with van der Waals surface area (Å²) in [7, 11) is 0. The monoisotopic (exact) mass is 270 g/mol. The van der Waals surface area contributed by atoms with Crippen molar-refractivity contribution in [1.29, 1.82) is 0 Å². The Kier molecular flexibility index (Phi) is 3.84. The molecule has 0 atom stereocenters. The number of carboxylic acid groups (broad SMARTS) is 1. The van der Waals surface area contributed by atoms with E-state index < -0.39 is 11.9 Å². The first kappa shape index (κ1) is 13.8. The van der Waals surface area contributed by atoms with Gasteiger partial charge in [0.1, 0.15) is 5.75 Å². The molecule has 2 aromatic carbocycles. The lowest BCUT2D eigenvalue weighted by Gasteiger charge is -2.10. The quantitative estimate of drug-likeness (QED) is 0.687. The lowest BCUT2D eigenvalue weighted by molar-refractivity contribution is 0.0691. The van der Waals surface area contributed by atoms with E-state index in [9.17, 15) is 9.59 Å².